The third kappa shape index (κ3) is 3.77. The van der Waals surface area contributed by atoms with Gasteiger partial charge in [-0.25, -0.2) is 8.42 Å². The Morgan fingerprint density at radius 2 is 1.75 bits per heavy atom. The Bertz CT molecular complexity index is 896. The van der Waals surface area contributed by atoms with E-state index >= 15 is 0 Å². The number of benzene rings is 1. The molecule has 1 aliphatic carbocycles. The van der Waals surface area contributed by atoms with E-state index in [1.807, 2.05) is 18.2 Å². The molecule has 1 atom stereocenters. The lowest BCUT2D eigenvalue weighted by Crippen LogP contribution is -2.30. The maximum absolute atomic E-state index is 13.3. The van der Waals surface area contributed by atoms with Crippen LogP contribution in [0.25, 0.3) is 0 Å². The predicted molar refractivity (Wildman–Crippen MR) is 109 cm³/mol. The van der Waals surface area contributed by atoms with Gasteiger partial charge in [0.15, 0.2) is 5.76 Å². The first-order chi connectivity index (χ1) is 13.5. The van der Waals surface area contributed by atoms with Crippen molar-refractivity contribution in [3.63, 3.8) is 0 Å². The van der Waals surface area contributed by atoms with Crippen LogP contribution in [0.15, 0.2) is 39.8 Å². The Kier molecular flexibility index (Phi) is 5.61. The minimum Gasteiger partial charge on any atom is -0.359 e. The molecule has 0 spiro atoms. The summed E-state index contributed by atoms with van der Waals surface area (Å²) < 4.78 is 33.7. The van der Waals surface area contributed by atoms with E-state index in [1.54, 1.807) is 16.4 Å². The average Bonchev–Trinajstić information content (AvgIpc) is 3.38. The van der Waals surface area contributed by atoms with Crippen molar-refractivity contribution in [3.05, 3.63) is 47.3 Å². The van der Waals surface area contributed by atoms with E-state index in [1.165, 1.54) is 37.7 Å². The van der Waals surface area contributed by atoms with Crippen LogP contribution in [-0.4, -0.2) is 24.4 Å². The van der Waals surface area contributed by atoms with E-state index in [4.69, 9.17) is 4.52 Å². The molecule has 2 aliphatic rings. The molecule has 1 aromatic carbocycles. The van der Waals surface area contributed by atoms with Crippen LogP contribution in [0.5, 0.6) is 0 Å². The van der Waals surface area contributed by atoms with Crippen molar-refractivity contribution in [2.24, 2.45) is 0 Å². The van der Waals surface area contributed by atoms with Crippen molar-refractivity contribution in [3.8, 4) is 0 Å². The summed E-state index contributed by atoms with van der Waals surface area (Å²) in [6.45, 7) is 4.63. The summed E-state index contributed by atoms with van der Waals surface area (Å²) in [5, 5.41) is 4.12. The fraction of sp³-hybridized carbons (Fsp3) is 0.591. The van der Waals surface area contributed by atoms with Gasteiger partial charge in [-0.3, -0.25) is 0 Å². The summed E-state index contributed by atoms with van der Waals surface area (Å²) in [4.78, 5) is 0.377. The number of nitrogens with zero attached hydrogens (tertiary/aromatic N) is 2. The van der Waals surface area contributed by atoms with Crippen molar-refractivity contribution in [2.45, 2.75) is 81.6 Å². The normalized spacial score (nSPS) is 22.2. The molecule has 1 aromatic heterocycles. The first kappa shape index (κ1) is 19.6. The first-order valence-electron chi connectivity index (χ1n) is 10.5. The monoisotopic (exact) mass is 402 g/mol. The Balaban J connectivity index is 1.56. The minimum atomic E-state index is -3.55. The van der Waals surface area contributed by atoms with Crippen molar-refractivity contribution in [2.75, 3.05) is 6.54 Å². The second kappa shape index (κ2) is 7.99. The van der Waals surface area contributed by atoms with Crippen molar-refractivity contribution >= 4 is 10.0 Å². The number of hydrogen-bond acceptors (Lipinski definition) is 4. The largest absolute Gasteiger partial charge is 0.359 e. The fourth-order valence-corrected chi connectivity index (χ4v) is 6.19. The molecule has 4 rings (SSSR count). The van der Waals surface area contributed by atoms with E-state index < -0.39 is 10.0 Å². The van der Waals surface area contributed by atoms with Crippen LogP contribution in [0, 0.1) is 0 Å². The Morgan fingerprint density at radius 1 is 1.04 bits per heavy atom. The van der Waals surface area contributed by atoms with Crippen LogP contribution in [0.3, 0.4) is 0 Å². The average molecular weight is 403 g/mol. The molecule has 1 saturated carbocycles. The molecule has 0 bridgehead atoms. The van der Waals surface area contributed by atoms with Gasteiger partial charge >= 0.3 is 0 Å². The standard InChI is InChI=1S/C22H30N2O3S/c1-16(2)20-15-22(27-23-20)21-9-6-14-24(21)28(25,26)19-12-10-18(11-13-19)17-7-4-3-5-8-17/h10-13,15-17,21H,3-9,14H2,1-2H3. The lowest BCUT2D eigenvalue weighted by Gasteiger charge is -2.24. The van der Waals surface area contributed by atoms with E-state index in [-0.39, 0.29) is 12.0 Å². The van der Waals surface area contributed by atoms with E-state index in [0.717, 1.165) is 18.5 Å². The summed E-state index contributed by atoms with van der Waals surface area (Å²) in [5.74, 6) is 1.49. The van der Waals surface area contributed by atoms with Gasteiger partial charge in [0.05, 0.1) is 16.6 Å². The molecule has 28 heavy (non-hydrogen) atoms. The molecule has 6 heteroatoms. The smallest absolute Gasteiger partial charge is 0.243 e. The van der Waals surface area contributed by atoms with Gasteiger partial charge < -0.3 is 4.52 Å². The molecular weight excluding hydrogens is 372 g/mol. The summed E-state index contributed by atoms with van der Waals surface area (Å²) in [6, 6.07) is 9.25. The van der Waals surface area contributed by atoms with Crippen LogP contribution in [0.4, 0.5) is 0 Å². The van der Waals surface area contributed by atoms with E-state index in [9.17, 15) is 8.42 Å². The number of rotatable bonds is 5. The predicted octanol–water partition coefficient (Wildman–Crippen LogP) is 5.37. The third-order valence-electron chi connectivity index (χ3n) is 6.23. The first-order valence-corrected chi connectivity index (χ1v) is 12.0. The minimum absolute atomic E-state index is 0.260. The summed E-state index contributed by atoms with van der Waals surface area (Å²) in [6.07, 6.45) is 7.90. The van der Waals surface area contributed by atoms with E-state index in [2.05, 4.69) is 19.0 Å². The Morgan fingerprint density at radius 3 is 2.39 bits per heavy atom. The second-order valence-corrected chi connectivity index (χ2v) is 10.4. The quantitative estimate of drug-likeness (QED) is 0.674. The Labute approximate surface area is 168 Å². The number of sulfonamides is 1. The molecule has 2 aromatic rings. The van der Waals surface area contributed by atoms with Crippen LogP contribution in [-0.2, 0) is 10.0 Å². The molecule has 152 valence electrons. The second-order valence-electron chi connectivity index (χ2n) is 8.49. The van der Waals surface area contributed by atoms with Crippen LogP contribution in [0.1, 0.15) is 93.7 Å². The van der Waals surface area contributed by atoms with Gasteiger partial charge in [-0.05, 0) is 55.2 Å². The van der Waals surface area contributed by atoms with Crippen molar-refractivity contribution < 1.29 is 12.9 Å². The van der Waals surface area contributed by atoms with Crippen molar-refractivity contribution in [1.82, 2.24) is 9.46 Å². The lowest BCUT2D eigenvalue weighted by atomic mass is 9.84. The molecule has 2 heterocycles. The van der Waals surface area contributed by atoms with Gasteiger partial charge in [-0.1, -0.05) is 50.4 Å². The van der Waals surface area contributed by atoms with Gasteiger partial charge in [0.2, 0.25) is 10.0 Å². The number of aromatic nitrogens is 1. The van der Waals surface area contributed by atoms with Gasteiger partial charge in [-0.15, -0.1) is 0 Å². The molecule has 1 aliphatic heterocycles. The van der Waals surface area contributed by atoms with Crippen LogP contribution in [0.2, 0.25) is 0 Å². The zero-order chi connectivity index (χ0) is 19.7. The van der Waals surface area contributed by atoms with E-state index in [0.29, 0.717) is 23.1 Å². The molecule has 2 fully saturated rings. The summed E-state index contributed by atoms with van der Waals surface area (Å²) >= 11 is 0. The number of hydrogen-bond donors (Lipinski definition) is 0. The highest BCUT2D eigenvalue weighted by Gasteiger charge is 2.38. The summed E-state index contributed by atoms with van der Waals surface area (Å²) in [7, 11) is -3.55. The topological polar surface area (TPSA) is 63.4 Å². The highest BCUT2D eigenvalue weighted by molar-refractivity contribution is 7.89. The van der Waals surface area contributed by atoms with Gasteiger partial charge in [0, 0.05) is 12.6 Å². The highest BCUT2D eigenvalue weighted by atomic mass is 32.2. The molecular formula is C22H30N2O3S. The molecule has 1 unspecified atom stereocenters. The molecule has 1 saturated heterocycles. The SMILES string of the molecule is CC(C)c1cc(C2CCCN2S(=O)(=O)c2ccc(C3CCCCC3)cc2)on1. The summed E-state index contributed by atoms with van der Waals surface area (Å²) in [5.41, 5.74) is 2.14. The molecule has 0 N–H and O–H groups in total. The zero-order valence-electron chi connectivity index (χ0n) is 16.8. The fourth-order valence-electron chi connectivity index (χ4n) is 4.53. The van der Waals surface area contributed by atoms with Crippen LogP contribution < -0.4 is 0 Å². The molecule has 5 nitrogen and oxygen atoms in total. The van der Waals surface area contributed by atoms with Gasteiger partial charge in [0.1, 0.15) is 0 Å². The molecule has 0 radical (unpaired) electrons. The van der Waals surface area contributed by atoms with Crippen LogP contribution >= 0.6 is 0 Å². The third-order valence-corrected chi connectivity index (χ3v) is 8.16. The van der Waals surface area contributed by atoms with Crippen molar-refractivity contribution in [1.29, 1.82) is 0 Å². The highest BCUT2D eigenvalue weighted by Crippen LogP contribution is 2.38. The maximum atomic E-state index is 13.3. The van der Waals surface area contributed by atoms with Gasteiger partial charge in [0.25, 0.3) is 0 Å². The molecule has 0 amide bonds. The Hall–Kier alpha value is -1.66. The maximum Gasteiger partial charge on any atom is 0.243 e. The lowest BCUT2D eigenvalue weighted by molar-refractivity contribution is 0.295. The van der Waals surface area contributed by atoms with Gasteiger partial charge in [-0.2, -0.15) is 4.31 Å². The zero-order valence-corrected chi connectivity index (χ0v) is 17.6.